The first-order chi connectivity index (χ1) is 20.3. The highest BCUT2D eigenvalue weighted by Gasteiger charge is 2.17. The highest BCUT2D eigenvalue weighted by molar-refractivity contribution is 7.99. The predicted octanol–water partition coefficient (Wildman–Crippen LogP) is 5.42. The van der Waals surface area contributed by atoms with Crippen LogP contribution in [0.25, 0.3) is 34.0 Å². The smallest absolute Gasteiger partial charge is 0.250 e. The van der Waals surface area contributed by atoms with E-state index in [9.17, 15) is 4.79 Å². The fourth-order valence-corrected chi connectivity index (χ4v) is 4.96. The SMILES string of the molecule is O=C(CSc1nnc(-c2ccncc2)n1-c1ccccc1)N/N=C\c1cn(-c2ccccc2)nc1-c1ccccc1. The average molecular weight is 557 g/mol. The molecule has 0 fully saturated rings. The number of aromatic nitrogens is 6. The summed E-state index contributed by atoms with van der Waals surface area (Å²) < 4.78 is 3.73. The summed E-state index contributed by atoms with van der Waals surface area (Å²) in [6.45, 7) is 0. The Balaban J connectivity index is 1.19. The van der Waals surface area contributed by atoms with Gasteiger partial charge in [-0.2, -0.15) is 10.2 Å². The minimum Gasteiger partial charge on any atom is -0.272 e. The standard InChI is InChI=1S/C31H24N8OS/c40-28(22-41-31-36-35-30(24-16-18-32-19-17-24)39(31)27-14-8-3-9-15-27)34-33-20-25-21-38(26-12-6-2-7-13-26)37-29(25)23-10-4-1-5-11-23/h1-21H,22H2,(H,34,40)/b33-20-. The third-order valence-electron chi connectivity index (χ3n) is 6.12. The summed E-state index contributed by atoms with van der Waals surface area (Å²) in [4.78, 5) is 16.9. The molecule has 0 bridgehead atoms. The molecule has 0 aliphatic rings. The van der Waals surface area contributed by atoms with Crippen LogP contribution in [0.15, 0.2) is 132 Å². The van der Waals surface area contributed by atoms with Gasteiger partial charge in [-0.1, -0.05) is 78.5 Å². The van der Waals surface area contributed by atoms with Crippen LogP contribution in [0.1, 0.15) is 5.56 Å². The molecule has 3 heterocycles. The van der Waals surface area contributed by atoms with E-state index in [2.05, 4.69) is 25.7 Å². The Morgan fingerprint density at radius 3 is 2.17 bits per heavy atom. The van der Waals surface area contributed by atoms with Gasteiger partial charge in [0.05, 0.1) is 17.7 Å². The van der Waals surface area contributed by atoms with Crippen molar-refractivity contribution in [2.75, 3.05) is 5.75 Å². The molecule has 0 aliphatic carbocycles. The molecule has 1 amide bonds. The lowest BCUT2D eigenvalue weighted by Crippen LogP contribution is -2.20. The van der Waals surface area contributed by atoms with E-state index in [4.69, 9.17) is 5.10 Å². The number of para-hydroxylation sites is 2. The van der Waals surface area contributed by atoms with Crippen molar-refractivity contribution in [1.29, 1.82) is 0 Å². The zero-order valence-corrected chi connectivity index (χ0v) is 22.6. The molecule has 200 valence electrons. The normalized spacial score (nSPS) is 11.1. The van der Waals surface area contributed by atoms with Crippen LogP contribution < -0.4 is 5.43 Å². The van der Waals surface area contributed by atoms with Crippen LogP contribution in [0.4, 0.5) is 0 Å². The van der Waals surface area contributed by atoms with Crippen molar-refractivity contribution in [1.82, 2.24) is 35.0 Å². The maximum Gasteiger partial charge on any atom is 0.250 e. The topological polar surface area (TPSA) is 103 Å². The number of hydrazone groups is 1. The second-order valence-electron chi connectivity index (χ2n) is 8.87. The monoisotopic (exact) mass is 556 g/mol. The molecule has 9 nitrogen and oxygen atoms in total. The Kier molecular flexibility index (Phi) is 7.72. The van der Waals surface area contributed by atoms with Gasteiger partial charge in [-0.15, -0.1) is 10.2 Å². The second-order valence-corrected chi connectivity index (χ2v) is 9.82. The van der Waals surface area contributed by atoms with Gasteiger partial charge in [0.25, 0.3) is 5.91 Å². The summed E-state index contributed by atoms with van der Waals surface area (Å²) in [6.07, 6.45) is 6.94. The maximum atomic E-state index is 12.8. The molecule has 0 atom stereocenters. The zero-order chi connectivity index (χ0) is 27.9. The quantitative estimate of drug-likeness (QED) is 0.145. The number of hydrogen-bond acceptors (Lipinski definition) is 7. The number of hydrogen-bond donors (Lipinski definition) is 1. The molecule has 3 aromatic carbocycles. The summed E-state index contributed by atoms with van der Waals surface area (Å²) in [6, 6.07) is 33.3. The molecule has 0 spiro atoms. The number of benzene rings is 3. The molecule has 0 saturated carbocycles. The van der Waals surface area contributed by atoms with Gasteiger partial charge in [-0.25, -0.2) is 10.1 Å². The minimum absolute atomic E-state index is 0.105. The first kappa shape index (κ1) is 25.9. The van der Waals surface area contributed by atoms with Gasteiger partial charge in [-0.05, 0) is 36.4 Å². The summed E-state index contributed by atoms with van der Waals surface area (Å²) in [5.74, 6) is 0.507. The van der Waals surface area contributed by atoms with Gasteiger partial charge in [0.1, 0.15) is 5.69 Å². The number of nitrogens with zero attached hydrogens (tertiary/aromatic N) is 7. The molecule has 0 radical (unpaired) electrons. The van der Waals surface area contributed by atoms with Crippen molar-refractivity contribution in [3.63, 3.8) is 0 Å². The zero-order valence-electron chi connectivity index (χ0n) is 21.8. The first-order valence-electron chi connectivity index (χ1n) is 12.8. The van der Waals surface area contributed by atoms with Gasteiger partial charge in [0, 0.05) is 41.0 Å². The van der Waals surface area contributed by atoms with Crippen LogP contribution in [0.3, 0.4) is 0 Å². The minimum atomic E-state index is -0.268. The predicted molar refractivity (Wildman–Crippen MR) is 160 cm³/mol. The van der Waals surface area contributed by atoms with Gasteiger partial charge < -0.3 is 0 Å². The lowest BCUT2D eigenvalue weighted by molar-refractivity contribution is -0.118. The van der Waals surface area contributed by atoms with E-state index in [1.165, 1.54) is 11.8 Å². The molecular weight excluding hydrogens is 532 g/mol. The van der Waals surface area contributed by atoms with E-state index in [-0.39, 0.29) is 11.7 Å². The van der Waals surface area contributed by atoms with Crippen LogP contribution in [0.2, 0.25) is 0 Å². The number of amides is 1. The number of nitrogens with one attached hydrogen (secondary N) is 1. The molecule has 3 aromatic heterocycles. The second kappa shape index (κ2) is 12.2. The van der Waals surface area contributed by atoms with Crippen molar-refractivity contribution in [3.8, 4) is 34.0 Å². The largest absolute Gasteiger partial charge is 0.272 e. The van der Waals surface area contributed by atoms with Crippen LogP contribution >= 0.6 is 11.8 Å². The number of rotatable bonds is 9. The summed E-state index contributed by atoms with van der Waals surface area (Å²) in [5.41, 5.74) is 7.83. The van der Waals surface area contributed by atoms with Gasteiger partial charge >= 0.3 is 0 Å². The lowest BCUT2D eigenvalue weighted by atomic mass is 10.1. The van der Waals surface area contributed by atoms with E-state index in [1.807, 2.05) is 114 Å². The van der Waals surface area contributed by atoms with Crippen LogP contribution in [0, 0.1) is 0 Å². The molecular formula is C31H24N8OS. The average Bonchev–Trinajstić information content (AvgIpc) is 3.67. The first-order valence-corrected chi connectivity index (χ1v) is 13.8. The van der Waals surface area contributed by atoms with Crippen LogP contribution in [-0.2, 0) is 4.79 Å². The Morgan fingerprint density at radius 1 is 0.805 bits per heavy atom. The van der Waals surface area contributed by atoms with Crippen molar-refractivity contribution < 1.29 is 4.79 Å². The lowest BCUT2D eigenvalue weighted by Gasteiger charge is -2.10. The van der Waals surface area contributed by atoms with Crippen molar-refractivity contribution in [2.24, 2.45) is 5.10 Å². The Bertz CT molecular complexity index is 1770. The highest BCUT2D eigenvalue weighted by atomic mass is 32.2. The third-order valence-corrected chi connectivity index (χ3v) is 7.05. The van der Waals surface area contributed by atoms with E-state index >= 15 is 0 Å². The maximum absolute atomic E-state index is 12.8. The van der Waals surface area contributed by atoms with Gasteiger partial charge in [-0.3, -0.25) is 14.3 Å². The van der Waals surface area contributed by atoms with E-state index < -0.39 is 0 Å². The molecule has 0 unspecified atom stereocenters. The fraction of sp³-hybridized carbons (Fsp3) is 0.0323. The molecule has 0 saturated heterocycles. The summed E-state index contributed by atoms with van der Waals surface area (Å²) in [7, 11) is 0. The number of carbonyl (C=O) groups is 1. The Hall–Kier alpha value is -5.35. The van der Waals surface area contributed by atoms with Crippen molar-refractivity contribution >= 4 is 23.9 Å². The van der Waals surface area contributed by atoms with Gasteiger partial charge in [0.15, 0.2) is 11.0 Å². The molecule has 0 aliphatic heterocycles. The number of pyridine rings is 1. The van der Waals surface area contributed by atoms with Crippen LogP contribution in [-0.4, -0.2) is 47.4 Å². The Labute approximate surface area is 240 Å². The molecule has 41 heavy (non-hydrogen) atoms. The molecule has 1 N–H and O–H groups in total. The third kappa shape index (κ3) is 5.97. The fourth-order valence-electron chi connectivity index (χ4n) is 4.21. The number of carbonyl (C=O) groups excluding carboxylic acids is 1. The molecule has 10 heteroatoms. The van der Waals surface area contributed by atoms with Gasteiger partial charge in [0.2, 0.25) is 0 Å². The van der Waals surface area contributed by atoms with E-state index in [1.54, 1.807) is 23.3 Å². The summed E-state index contributed by atoms with van der Waals surface area (Å²) in [5, 5.41) is 18.4. The summed E-state index contributed by atoms with van der Waals surface area (Å²) >= 11 is 1.28. The van der Waals surface area contributed by atoms with Crippen molar-refractivity contribution in [2.45, 2.75) is 5.16 Å². The molecule has 6 aromatic rings. The van der Waals surface area contributed by atoms with E-state index in [0.717, 1.165) is 33.8 Å². The highest BCUT2D eigenvalue weighted by Crippen LogP contribution is 2.27. The molecule has 6 rings (SSSR count). The van der Waals surface area contributed by atoms with Crippen molar-refractivity contribution in [3.05, 3.63) is 127 Å². The Morgan fingerprint density at radius 2 is 1.46 bits per heavy atom. The van der Waals surface area contributed by atoms with Crippen LogP contribution in [0.5, 0.6) is 0 Å². The number of thioether (sulfide) groups is 1. The van der Waals surface area contributed by atoms with E-state index in [0.29, 0.717) is 11.0 Å².